The molecule has 1 aliphatic heterocycles. The molecule has 148 valence electrons. The number of hydrogen-bond donors (Lipinski definition) is 2. The van der Waals surface area contributed by atoms with Crippen molar-refractivity contribution in [1.29, 1.82) is 0 Å². The molecule has 27 heavy (non-hydrogen) atoms. The van der Waals surface area contributed by atoms with E-state index in [-0.39, 0.29) is 11.8 Å². The van der Waals surface area contributed by atoms with Gasteiger partial charge >= 0.3 is 0 Å². The normalized spacial score (nSPS) is 15.2. The van der Waals surface area contributed by atoms with Gasteiger partial charge in [-0.15, -0.1) is 0 Å². The number of piperazine rings is 1. The summed E-state index contributed by atoms with van der Waals surface area (Å²) in [6.45, 7) is 4.35. The van der Waals surface area contributed by atoms with Gasteiger partial charge in [0.15, 0.2) is 0 Å². The molecule has 6 heteroatoms. The zero-order valence-corrected chi connectivity index (χ0v) is 16.0. The van der Waals surface area contributed by atoms with Gasteiger partial charge in [-0.1, -0.05) is 55.3 Å². The number of nitrogens with zero attached hydrogens (tertiary/aromatic N) is 2. The van der Waals surface area contributed by atoms with Crippen molar-refractivity contribution in [3.05, 3.63) is 42.0 Å². The monoisotopic (exact) mass is 373 g/mol. The second-order valence-electron chi connectivity index (χ2n) is 6.94. The summed E-state index contributed by atoms with van der Waals surface area (Å²) < 4.78 is 0. The lowest BCUT2D eigenvalue weighted by Crippen LogP contribution is -2.48. The Morgan fingerprint density at radius 3 is 2.30 bits per heavy atom. The van der Waals surface area contributed by atoms with Crippen LogP contribution in [0.2, 0.25) is 0 Å². The van der Waals surface area contributed by atoms with Crippen molar-refractivity contribution >= 4 is 17.9 Å². The molecule has 1 saturated heterocycles. The molecule has 1 heterocycles. The number of nitrogens with one attached hydrogen (secondary N) is 1. The Hall–Kier alpha value is -2.18. The predicted molar refractivity (Wildman–Crippen MR) is 106 cm³/mol. The molecule has 0 atom stereocenters. The highest BCUT2D eigenvalue weighted by Gasteiger charge is 2.19. The van der Waals surface area contributed by atoms with Crippen LogP contribution in [0.25, 0.3) is 6.08 Å². The van der Waals surface area contributed by atoms with Crippen molar-refractivity contribution in [2.75, 3.05) is 32.7 Å². The molecular formula is C21H31N3O3. The minimum absolute atomic E-state index is 0.238. The van der Waals surface area contributed by atoms with Crippen LogP contribution in [0.5, 0.6) is 0 Å². The third kappa shape index (κ3) is 8.37. The Morgan fingerprint density at radius 1 is 0.963 bits per heavy atom. The van der Waals surface area contributed by atoms with Gasteiger partial charge in [-0.2, -0.15) is 0 Å². The van der Waals surface area contributed by atoms with Crippen LogP contribution in [-0.4, -0.2) is 59.5 Å². The first-order chi connectivity index (χ1) is 13.2. The zero-order chi connectivity index (χ0) is 19.3. The van der Waals surface area contributed by atoms with Gasteiger partial charge < -0.3 is 4.90 Å². The maximum Gasteiger partial charge on any atom is 0.243 e. The fourth-order valence-corrected chi connectivity index (χ4v) is 3.21. The van der Waals surface area contributed by atoms with E-state index in [1.807, 2.05) is 23.1 Å². The summed E-state index contributed by atoms with van der Waals surface area (Å²) in [5.41, 5.74) is 2.85. The van der Waals surface area contributed by atoms with E-state index in [9.17, 15) is 9.59 Å². The van der Waals surface area contributed by atoms with Crippen LogP contribution >= 0.6 is 0 Å². The van der Waals surface area contributed by atoms with Crippen molar-refractivity contribution in [3.63, 3.8) is 0 Å². The van der Waals surface area contributed by atoms with E-state index in [0.29, 0.717) is 12.8 Å². The lowest BCUT2D eigenvalue weighted by Gasteiger charge is -2.34. The average molecular weight is 373 g/mol. The minimum atomic E-state index is -0.345. The molecule has 0 bridgehead atoms. The Labute approximate surface area is 161 Å². The summed E-state index contributed by atoms with van der Waals surface area (Å²) in [6, 6.07) is 10.3. The molecule has 1 fully saturated rings. The number of unbranched alkanes of at least 4 members (excludes halogenated alkanes) is 3. The van der Waals surface area contributed by atoms with E-state index in [2.05, 4.69) is 29.2 Å². The van der Waals surface area contributed by atoms with Crippen LogP contribution in [-0.2, 0) is 9.59 Å². The Balaban J connectivity index is 1.55. The lowest BCUT2D eigenvalue weighted by molar-refractivity contribution is -0.133. The average Bonchev–Trinajstić information content (AvgIpc) is 2.71. The second-order valence-corrected chi connectivity index (χ2v) is 6.94. The molecule has 0 spiro atoms. The fourth-order valence-electron chi connectivity index (χ4n) is 3.21. The number of hydroxylamine groups is 1. The minimum Gasteiger partial charge on any atom is -0.340 e. The first-order valence-electron chi connectivity index (χ1n) is 9.83. The first kappa shape index (κ1) is 21.1. The van der Waals surface area contributed by atoms with Gasteiger partial charge in [-0.25, -0.2) is 5.48 Å². The molecular weight excluding hydrogens is 342 g/mol. The Bertz CT molecular complexity index is 596. The van der Waals surface area contributed by atoms with E-state index >= 15 is 0 Å². The van der Waals surface area contributed by atoms with E-state index in [1.54, 1.807) is 5.48 Å². The van der Waals surface area contributed by atoms with Crippen LogP contribution in [0, 0.1) is 0 Å². The number of carbonyl (C=O) groups is 2. The summed E-state index contributed by atoms with van der Waals surface area (Å²) >= 11 is 0. The number of benzene rings is 1. The van der Waals surface area contributed by atoms with Crippen molar-refractivity contribution in [2.45, 2.75) is 38.5 Å². The topological polar surface area (TPSA) is 72.9 Å². The number of hydrogen-bond acceptors (Lipinski definition) is 4. The van der Waals surface area contributed by atoms with Crippen molar-refractivity contribution in [3.8, 4) is 0 Å². The lowest BCUT2D eigenvalue weighted by atomic mass is 10.1. The van der Waals surface area contributed by atoms with Gasteiger partial charge in [-0.05, 0) is 18.4 Å². The van der Waals surface area contributed by atoms with Crippen LogP contribution in [0.4, 0.5) is 0 Å². The second kappa shape index (κ2) is 12.3. The van der Waals surface area contributed by atoms with Gasteiger partial charge in [0.1, 0.15) is 0 Å². The number of rotatable bonds is 10. The SMILES string of the molecule is O=C(CCCCCCC(=O)N1CCN(C/C=C/c2ccccc2)CC1)NO. The summed E-state index contributed by atoms with van der Waals surface area (Å²) in [5.74, 6) is -0.106. The van der Waals surface area contributed by atoms with Crippen LogP contribution < -0.4 is 5.48 Å². The first-order valence-corrected chi connectivity index (χ1v) is 9.83. The van der Waals surface area contributed by atoms with Gasteiger partial charge in [-0.3, -0.25) is 19.7 Å². The third-order valence-electron chi connectivity index (χ3n) is 4.87. The smallest absolute Gasteiger partial charge is 0.243 e. The van der Waals surface area contributed by atoms with Gasteiger partial charge in [0, 0.05) is 45.6 Å². The van der Waals surface area contributed by atoms with Crippen LogP contribution in [0.15, 0.2) is 36.4 Å². The molecule has 1 aromatic carbocycles. The quantitative estimate of drug-likeness (QED) is 0.376. The van der Waals surface area contributed by atoms with Crippen molar-refractivity contribution < 1.29 is 14.8 Å². The highest BCUT2D eigenvalue weighted by molar-refractivity contribution is 5.76. The molecule has 2 amide bonds. The summed E-state index contributed by atoms with van der Waals surface area (Å²) in [6.07, 6.45) is 8.70. The molecule has 6 nitrogen and oxygen atoms in total. The van der Waals surface area contributed by atoms with Gasteiger partial charge in [0.2, 0.25) is 11.8 Å². The maximum atomic E-state index is 12.3. The summed E-state index contributed by atoms with van der Waals surface area (Å²) in [4.78, 5) is 27.5. The molecule has 1 aliphatic rings. The molecule has 0 unspecified atom stereocenters. The Kier molecular flexibility index (Phi) is 9.58. The maximum absolute atomic E-state index is 12.3. The van der Waals surface area contributed by atoms with E-state index < -0.39 is 0 Å². The van der Waals surface area contributed by atoms with Crippen LogP contribution in [0.1, 0.15) is 44.1 Å². The molecule has 1 aromatic rings. The molecule has 0 aliphatic carbocycles. The summed E-state index contributed by atoms with van der Waals surface area (Å²) in [7, 11) is 0. The van der Waals surface area contributed by atoms with E-state index in [0.717, 1.165) is 58.4 Å². The molecule has 0 aromatic heterocycles. The molecule has 2 rings (SSSR count). The zero-order valence-electron chi connectivity index (χ0n) is 16.0. The summed E-state index contributed by atoms with van der Waals surface area (Å²) in [5, 5.41) is 8.42. The van der Waals surface area contributed by atoms with Gasteiger partial charge in [0.25, 0.3) is 0 Å². The number of carbonyl (C=O) groups excluding carboxylic acids is 2. The molecule has 0 saturated carbocycles. The third-order valence-corrected chi connectivity index (χ3v) is 4.87. The molecule has 2 N–H and O–H groups in total. The van der Waals surface area contributed by atoms with Gasteiger partial charge in [0.05, 0.1) is 0 Å². The fraction of sp³-hybridized carbons (Fsp3) is 0.524. The van der Waals surface area contributed by atoms with E-state index in [1.165, 1.54) is 5.56 Å². The standard InChI is InChI=1S/C21H31N3O3/c25-20(22-27)12-6-1-2-7-13-21(26)24-17-15-23(16-18-24)14-8-11-19-9-4-3-5-10-19/h3-5,8-11,27H,1-2,6-7,12-18H2,(H,22,25)/b11-8+. The van der Waals surface area contributed by atoms with E-state index in [4.69, 9.17) is 5.21 Å². The largest absolute Gasteiger partial charge is 0.340 e. The van der Waals surface area contributed by atoms with Crippen LogP contribution in [0.3, 0.4) is 0 Å². The highest BCUT2D eigenvalue weighted by Crippen LogP contribution is 2.10. The highest BCUT2D eigenvalue weighted by atomic mass is 16.5. The number of amides is 2. The molecule has 0 radical (unpaired) electrons. The predicted octanol–water partition coefficient (Wildman–Crippen LogP) is 2.69. The van der Waals surface area contributed by atoms with Crippen molar-refractivity contribution in [2.24, 2.45) is 0 Å². The van der Waals surface area contributed by atoms with Crippen molar-refractivity contribution in [1.82, 2.24) is 15.3 Å². The Morgan fingerprint density at radius 2 is 1.63 bits per heavy atom.